The summed E-state index contributed by atoms with van der Waals surface area (Å²) in [5.41, 5.74) is 4.47. The van der Waals surface area contributed by atoms with Gasteiger partial charge in [0, 0.05) is 22.1 Å². The molecule has 2 heterocycles. The van der Waals surface area contributed by atoms with Crippen LogP contribution in [0.15, 0.2) is 22.7 Å². The number of nitrogens with one attached hydrogen (secondary N) is 1. The molecule has 8 heteroatoms. The highest BCUT2D eigenvalue weighted by Crippen LogP contribution is 2.33. The van der Waals surface area contributed by atoms with Crippen molar-refractivity contribution in [2.75, 3.05) is 12.4 Å². The molecule has 0 spiro atoms. The minimum atomic E-state index is -0.264. The van der Waals surface area contributed by atoms with Gasteiger partial charge in [-0.15, -0.1) is 0 Å². The fourth-order valence-corrected chi connectivity index (χ4v) is 4.28. The van der Waals surface area contributed by atoms with Crippen LogP contribution >= 0.6 is 11.6 Å². The maximum Gasteiger partial charge on any atom is 0.278 e. The molecule has 1 N–H and O–H groups in total. The van der Waals surface area contributed by atoms with Crippen molar-refractivity contribution in [1.29, 1.82) is 0 Å². The number of ether oxygens (including phenoxy) is 1. The van der Waals surface area contributed by atoms with Crippen LogP contribution in [0.25, 0.3) is 0 Å². The van der Waals surface area contributed by atoms with Crippen molar-refractivity contribution < 1.29 is 14.1 Å². The Morgan fingerprint density at radius 3 is 2.97 bits per heavy atom. The third-order valence-corrected chi connectivity index (χ3v) is 5.96. The lowest BCUT2D eigenvalue weighted by molar-refractivity contribution is 0.101. The molecular formula is C22H25ClN4O3. The van der Waals surface area contributed by atoms with Gasteiger partial charge in [-0.1, -0.05) is 23.7 Å². The first kappa shape index (κ1) is 20.5. The first-order chi connectivity index (χ1) is 14.4. The average molecular weight is 429 g/mol. The summed E-state index contributed by atoms with van der Waals surface area (Å²) in [5, 5.41) is 12.3. The Kier molecular flexibility index (Phi) is 5.56. The number of carbonyl (C=O) groups excluding carboxylic acids is 1. The topological polar surface area (TPSA) is 82.2 Å². The maximum atomic E-state index is 13.0. The second kappa shape index (κ2) is 8.14. The molecule has 2 aromatic heterocycles. The second-order valence-corrected chi connectivity index (χ2v) is 8.22. The number of aryl methyl sites for hydroxylation is 1. The summed E-state index contributed by atoms with van der Waals surface area (Å²) in [7, 11) is 1.62. The number of amides is 1. The summed E-state index contributed by atoms with van der Waals surface area (Å²) in [6.07, 6.45) is 2.91. The van der Waals surface area contributed by atoms with Gasteiger partial charge in [0.1, 0.15) is 11.5 Å². The lowest BCUT2D eigenvalue weighted by Crippen LogP contribution is -2.17. The van der Waals surface area contributed by atoms with Gasteiger partial charge in [-0.2, -0.15) is 5.10 Å². The minimum Gasteiger partial charge on any atom is -0.496 e. The van der Waals surface area contributed by atoms with E-state index in [4.69, 9.17) is 20.9 Å². The van der Waals surface area contributed by atoms with Crippen LogP contribution in [0.2, 0.25) is 5.02 Å². The zero-order chi connectivity index (χ0) is 21.4. The number of hydrogen-bond donors (Lipinski definition) is 1. The van der Waals surface area contributed by atoms with E-state index in [1.54, 1.807) is 13.2 Å². The molecule has 1 unspecified atom stereocenters. The van der Waals surface area contributed by atoms with Gasteiger partial charge in [0.25, 0.3) is 5.91 Å². The third-order valence-electron chi connectivity index (χ3n) is 5.73. The summed E-state index contributed by atoms with van der Waals surface area (Å²) >= 11 is 6.15. The van der Waals surface area contributed by atoms with Crippen molar-refractivity contribution in [3.63, 3.8) is 0 Å². The highest BCUT2D eigenvalue weighted by molar-refractivity contribution is 6.30. The standard InChI is InChI=1S/C22H25ClN4O3/c1-12-6-5-7-17-20(26-30-21(12)17)22(28)24-19-13(2)25-27(14(19)3)11-15-10-16(23)8-9-18(15)29-4/h8-10,12H,5-7,11H2,1-4H3,(H,24,28). The Morgan fingerprint density at radius 2 is 2.20 bits per heavy atom. The molecule has 1 aliphatic rings. The van der Waals surface area contributed by atoms with E-state index >= 15 is 0 Å². The number of carbonyl (C=O) groups is 1. The fraction of sp³-hybridized carbons (Fsp3) is 0.409. The molecule has 1 amide bonds. The van der Waals surface area contributed by atoms with Crippen molar-refractivity contribution in [3.8, 4) is 5.75 Å². The molecule has 0 saturated heterocycles. The summed E-state index contributed by atoms with van der Waals surface area (Å²) < 4.78 is 12.8. The molecule has 4 rings (SSSR count). The number of benzene rings is 1. The van der Waals surface area contributed by atoms with E-state index in [1.165, 1.54) is 0 Å². The number of anilines is 1. The van der Waals surface area contributed by atoms with Crippen LogP contribution in [0.3, 0.4) is 0 Å². The molecule has 7 nitrogen and oxygen atoms in total. The molecule has 1 aliphatic carbocycles. The van der Waals surface area contributed by atoms with Crippen LogP contribution in [0.5, 0.6) is 5.75 Å². The second-order valence-electron chi connectivity index (χ2n) is 7.78. The molecule has 30 heavy (non-hydrogen) atoms. The normalized spacial score (nSPS) is 15.7. The zero-order valence-electron chi connectivity index (χ0n) is 17.6. The molecule has 1 aromatic carbocycles. The van der Waals surface area contributed by atoms with E-state index in [9.17, 15) is 4.79 Å². The Balaban J connectivity index is 1.59. The summed E-state index contributed by atoms with van der Waals surface area (Å²) in [6.45, 7) is 6.37. The van der Waals surface area contributed by atoms with E-state index in [-0.39, 0.29) is 5.91 Å². The van der Waals surface area contributed by atoms with Gasteiger partial charge in [0.05, 0.1) is 30.7 Å². The number of halogens is 1. The predicted molar refractivity (Wildman–Crippen MR) is 115 cm³/mol. The van der Waals surface area contributed by atoms with E-state index in [1.807, 2.05) is 30.7 Å². The van der Waals surface area contributed by atoms with Crippen LogP contribution < -0.4 is 10.1 Å². The minimum absolute atomic E-state index is 0.264. The highest BCUT2D eigenvalue weighted by atomic mass is 35.5. The lowest BCUT2D eigenvalue weighted by atomic mass is 9.88. The number of fused-ring (bicyclic) bond motifs is 1. The first-order valence-electron chi connectivity index (χ1n) is 10.0. The van der Waals surface area contributed by atoms with E-state index < -0.39 is 0 Å². The van der Waals surface area contributed by atoms with Crippen molar-refractivity contribution in [1.82, 2.24) is 14.9 Å². The molecule has 158 valence electrons. The van der Waals surface area contributed by atoms with Gasteiger partial charge >= 0.3 is 0 Å². The van der Waals surface area contributed by atoms with E-state index in [2.05, 4.69) is 22.5 Å². The van der Waals surface area contributed by atoms with Crippen LogP contribution in [-0.2, 0) is 13.0 Å². The Labute approximate surface area is 180 Å². The third kappa shape index (κ3) is 3.69. The molecular weight excluding hydrogens is 404 g/mol. The quantitative estimate of drug-likeness (QED) is 0.625. The molecule has 0 fully saturated rings. The number of rotatable bonds is 5. The summed E-state index contributed by atoms with van der Waals surface area (Å²) in [5.74, 6) is 1.60. The lowest BCUT2D eigenvalue weighted by Gasteiger charge is -2.15. The maximum absolute atomic E-state index is 13.0. The van der Waals surface area contributed by atoms with Crippen molar-refractivity contribution in [3.05, 3.63) is 57.2 Å². The van der Waals surface area contributed by atoms with Crippen molar-refractivity contribution >= 4 is 23.2 Å². The molecule has 0 aliphatic heterocycles. The monoisotopic (exact) mass is 428 g/mol. The molecule has 0 radical (unpaired) electrons. The molecule has 1 atom stereocenters. The summed E-state index contributed by atoms with van der Waals surface area (Å²) in [4.78, 5) is 13.0. The number of hydrogen-bond acceptors (Lipinski definition) is 5. The Hall–Kier alpha value is -2.80. The predicted octanol–water partition coefficient (Wildman–Crippen LogP) is 4.89. The first-order valence-corrected chi connectivity index (χ1v) is 10.4. The van der Waals surface area contributed by atoms with Crippen LogP contribution in [-0.4, -0.2) is 28.0 Å². The van der Waals surface area contributed by atoms with Crippen molar-refractivity contribution in [2.24, 2.45) is 0 Å². The number of nitrogens with zero attached hydrogens (tertiary/aromatic N) is 3. The van der Waals surface area contributed by atoms with Gasteiger partial charge < -0.3 is 14.6 Å². The van der Waals surface area contributed by atoms with Gasteiger partial charge in [-0.05, 0) is 51.3 Å². The van der Waals surface area contributed by atoms with Gasteiger partial charge in [-0.3, -0.25) is 9.48 Å². The SMILES string of the molecule is COc1ccc(Cl)cc1Cn1nc(C)c(NC(=O)c2noc3c2CCCC3C)c1C. The van der Waals surface area contributed by atoms with Crippen LogP contribution in [0.1, 0.15) is 64.4 Å². The smallest absolute Gasteiger partial charge is 0.278 e. The van der Waals surface area contributed by atoms with E-state index in [0.29, 0.717) is 28.9 Å². The van der Waals surface area contributed by atoms with Gasteiger partial charge in [-0.25, -0.2) is 0 Å². The highest BCUT2D eigenvalue weighted by Gasteiger charge is 2.29. The van der Waals surface area contributed by atoms with Crippen LogP contribution in [0.4, 0.5) is 5.69 Å². The molecule has 0 saturated carbocycles. The van der Waals surface area contributed by atoms with E-state index in [0.717, 1.165) is 53.3 Å². The Bertz CT molecular complexity index is 1100. The van der Waals surface area contributed by atoms with Gasteiger partial charge in [0.2, 0.25) is 0 Å². The van der Waals surface area contributed by atoms with Gasteiger partial charge in [0.15, 0.2) is 5.69 Å². The molecule has 0 bridgehead atoms. The fourth-order valence-electron chi connectivity index (χ4n) is 4.08. The average Bonchev–Trinajstić information content (AvgIpc) is 3.26. The zero-order valence-corrected chi connectivity index (χ0v) is 18.3. The summed E-state index contributed by atoms with van der Waals surface area (Å²) in [6, 6.07) is 5.48. The van der Waals surface area contributed by atoms with Crippen molar-refractivity contribution in [2.45, 2.75) is 52.5 Å². The molecule has 3 aromatic rings. The number of methoxy groups -OCH3 is 1. The van der Waals surface area contributed by atoms with Crippen LogP contribution in [0, 0.1) is 13.8 Å². The number of aromatic nitrogens is 3. The largest absolute Gasteiger partial charge is 0.496 e. The Morgan fingerprint density at radius 1 is 1.40 bits per heavy atom.